The fraction of sp³-hybridized carbons (Fsp3) is 0.562. The van der Waals surface area contributed by atoms with Crippen LogP contribution in [0, 0.1) is 16.0 Å². The number of rotatable bonds is 6. The molecule has 0 atom stereocenters. The third kappa shape index (κ3) is 4.44. The number of ether oxygens (including phenoxy) is 1. The Morgan fingerprint density at radius 3 is 2.73 bits per heavy atom. The fourth-order valence-corrected chi connectivity index (χ4v) is 2.55. The highest BCUT2D eigenvalue weighted by Gasteiger charge is 2.20. The zero-order valence-electron chi connectivity index (χ0n) is 12.9. The number of benzene rings is 1. The van der Waals surface area contributed by atoms with Crippen molar-refractivity contribution in [2.45, 2.75) is 32.6 Å². The molecule has 1 aliphatic heterocycles. The number of nitrogens with zero attached hydrogens (tertiary/aromatic N) is 2. The van der Waals surface area contributed by atoms with Crippen molar-refractivity contribution in [1.29, 1.82) is 0 Å². The van der Waals surface area contributed by atoms with Crippen LogP contribution in [0.15, 0.2) is 24.3 Å². The monoisotopic (exact) mass is 306 g/mol. The molecule has 0 aliphatic carbocycles. The van der Waals surface area contributed by atoms with Crippen LogP contribution in [-0.4, -0.2) is 35.4 Å². The van der Waals surface area contributed by atoms with Crippen LogP contribution in [0.4, 0.5) is 5.69 Å². The molecule has 2 rings (SSSR count). The highest BCUT2D eigenvalue weighted by atomic mass is 16.6. The van der Waals surface area contributed by atoms with Crippen LogP contribution in [-0.2, 0) is 4.79 Å². The third-order valence-electron chi connectivity index (χ3n) is 3.99. The minimum atomic E-state index is -0.463. The highest BCUT2D eigenvalue weighted by Crippen LogP contribution is 2.26. The van der Waals surface area contributed by atoms with Crippen molar-refractivity contribution in [3.8, 4) is 5.75 Å². The van der Waals surface area contributed by atoms with Gasteiger partial charge in [0.1, 0.15) is 0 Å². The largest absolute Gasteiger partial charge is 0.487 e. The first-order chi connectivity index (χ1) is 10.6. The Balaban J connectivity index is 1.73. The van der Waals surface area contributed by atoms with Gasteiger partial charge in [0, 0.05) is 25.6 Å². The molecule has 22 heavy (non-hydrogen) atoms. The number of amides is 1. The second-order valence-electron chi connectivity index (χ2n) is 5.74. The summed E-state index contributed by atoms with van der Waals surface area (Å²) >= 11 is 0. The number of piperidine rings is 1. The quantitative estimate of drug-likeness (QED) is 0.460. The first-order valence-corrected chi connectivity index (χ1v) is 7.72. The molecule has 120 valence electrons. The normalized spacial score (nSPS) is 15.6. The predicted molar refractivity (Wildman–Crippen MR) is 82.8 cm³/mol. The molecule has 1 heterocycles. The first-order valence-electron chi connectivity index (χ1n) is 7.72. The van der Waals surface area contributed by atoms with Crippen molar-refractivity contribution in [3.05, 3.63) is 34.4 Å². The van der Waals surface area contributed by atoms with Gasteiger partial charge in [-0.3, -0.25) is 14.9 Å². The Morgan fingerprint density at radius 1 is 1.36 bits per heavy atom. The van der Waals surface area contributed by atoms with E-state index in [1.807, 2.05) is 4.90 Å². The van der Waals surface area contributed by atoms with Crippen molar-refractivity contribution in [2.75, 3.05) is 19.7 Å². The molecule has 0 bridgehead atoms. The molecule has 1 aromatic rings. The summed E-state index contributed by atoms with van der Waals surface area (Å²) in [7, 11) is 0. The summed E-state index contributed by atoms with van der Waals surface area (Å²) < 4.78 is 5.44. The average molecular weight is 306 g/mol. The van der Waals surface area contributed by atoms with Crippen molar-refractivity contribution < 1.29 is 14.5 Å². The number of nitro groups is 1. The van der Waals surface area contributed by atoms with E-state index < -0.39 is 4.92 Å². The van der Waals surface area contributed by atoms with E-state index in [2.05, 4.69) is 6.92 Å². The molecule has 1 aromatic carbocycles. The second kappa shape index (κ2) is 7.77. The van der Waals surface area contributed by atoms with Gasteiger partial charge in [-0.1, -0.05) is 19.1 Å². The second-order valence-corrected chi connectivity index (χ2v) is 5.74. The maximum atomic E-state index is 12.1. The zero-order valence-corrected chi connectivity index (χ0v) is 12.9. The first kappa shape index (κ1) is 16.3. The van der Waals surface area contributed by atoms with Gasteiger partial charge in [-0.05, 0) is 31.2 Å². The van der Waals surface area contributed by atoms with Gasteiger partial charge in [0.15, 0.2) is 5.75 Å². The lowest BCUT2D eigenvalue weighted by atomic mass is 9.99. The van der Waals surface area contributed by atoms with E-state index in [1.165, 1.54) is 6.07 Å². The number of carbonyl (C=O) groups excluding carboxylic acids is 1. The van der Waals surface area contributed by atoms with Crippen LogP contribution in [0.5, 0.6) is 5.75 Å². The van der Waals surface area contributed by atoms with Crippen LogP contribution < -0.4 is 4.74 Å². The lowest BCUT2D eigenvalue weighted by Gasteiger charge is -2.30. The number of likely N-dealkylation sites (tertiary alicyclic amines) is 1. The zero-order chi connectivity index (χ0) is 15.9. The van der Waals surface area contributed by atoms with E-state index in [-0.39, 0.29) is 17.3 Å². The standard InChI is InChI=1S/C16H22N2O4/c1-13-8-10-17(11-9-13)16(19)7-4-12-22-15-6-3-2-5-14(15)18(20)21/h2-3,5-6,13H,4,7-12H2,1H3. The lowest BCUT2D eigenvalue weighted by Crippen LogP contribution is -2.37. The van der Waals surface area contributed by atoms with Crippen LogP contribution in [0.3, 0.4) is 0 Å². The molecule has 1 aliphatic rings. The Hall–Kier alpha value is -2.11. The summed E-state index contributed by atoms with van der Waals surface area (Å²) in [5.74, 6) is 1.11. The Kier molecular flexibility index (Phi) is 5.75. The molecule has 0 spiro atoms. The topological polar surface area (TPSA) is 72.7 Å². The van der Waals surface area contributed by atoms with E-state index in [0.29, 0.717) is 25.4 Å². The van der Waals surface area contributed by atoms with E-state index in [9.17, 15) is 14.9 Å². The minimum Gasteiger partial charge on any atom is -0.487 e. The van der Waals surface area contributed by atoms with E-state index in [1.54, 1.807) is 18.2 Å². The number of carbonyl (C=O) groups is 1. The van der Waals surface area contributed by atoms with E-state index in [0.717, 1.165) is 25.9 Å². The summed E-state index contributed by atoms with van der Waals surface area (Å²) in [5.41, 5.74) is -0.0427. The maximum absolute atomic E-state index is 12.1. The molecule has 0 aromatic heterocycles. The lowest BCUT2D eigenvalue weighted by molar-refractivity contribution is -0.385. The van der Waals surface area contributed by atoms with Gasteiger partial charge in [-0.25, -0.2) is 0 Å². The molecule has 1 saturated heterocycles. The number of hydrogen-bond donors (Lipinski definition) is 0. The number of para-hydroxylation sites is 2. The number of hydrogen-bond acceptors (Lipinski definition) is 4. The Morgan fingerprint density at radius 2 is 2.05 bits per heavy atom. The van der Waals surface area contributed by atoms with E-state index >= 15 is 0 Å². The average Bonchev–Trinajstić information content (AvgIpc) is 2.52. The predicted octanol–water partition coefficient (Wildman–Crippen LogP) is 3.01. The summed E-state index contributed by atoms with van der Waals surface area (Å²) in [6.07, 6.45) is 3.13. The van der Waals surface area contributed by atoms with E-state index in [4.69, 9.17) is 4.74 Å². The van der Waals surface area contributed by atoms with Crippen molar-refractivity contribution in [2.24, 2.45) is 5.92 Å². The summed E-state index contributed by atoms with van der Waals surface area (Å²) in [6.45, 7) is 4.19. The van der Waals surface area contributed by atoms with Gasteiger partial charge in [0.25, 0.3) is 0 Å². The Bertz CT molecular complexity index is 525. The van der Waals surface area contributed by atoms with Crippen molar-refractivity contribution in [3.63, 3.8) is 0 Å². The molecular formula is C16H22N2O4. The summed E-state index contributed by atoms with van der Waals surface area (Å²) in [5, 5.41) is 10.9. The van der Waals surface area contributed by atoms with Crippen LogP contribution in [0.2, 0.25) is 0 Å². The van der Waals surface area contributed by atoms with Crippen molar-refractivity contribution >= 4 is 11.6 Å². The minimum absolute atomic E-state index is 0.0427. The summed E-state index contributed by atoms with van der Waals surface area (Å²) in [4.78, 5) is 24.4. The van der Waals surface area contributed by atoms with Gasteiger partial charge >= 0.3 is 5.69 Å². The van der Waals surface area contributed by atoms with Gasteiger partial charge in [-0.15, -0.1) is 0 Å². The molecule has 0 saturated carbocycles. The molecular weight excluding hydrogens is 284 g/mol. The van der Waals surface area contributed by atoms with Gasteiger partial charge < -0.3 is 9.64 Å². The third-order valence-corrected chi connectivity index (χ3v) is 3.99. The molecule has 0 radical (unpaired) electrons. The molecule has 1 fully saturated rings. The smallest absolute Gasteiger partial charge is 0.310 e. The summed E-state index contributed by atoms with van der Waals surface area (Å²) in [6, 6.07) is 6.29. The van der Waals surface area contributed by atoms with Gasteiger partial charge in [0.2, 0.25) is 5.91 Å². The van der Waals surface area contributed by atoms with Gasteiger partial charge in [0.05, 0.1) is 11.5 Å². The van der Waals surface area contributed by atoms with Gasteiger partial charge in [-0.2, -0.15) is 0 Å². The highest BCUT2D eigenvalue weighted by molar-refractivity contribution is 5.76. The fourth-order valence-electron chi connectivity index (χ4n) is 2.55. The molecule has 6 nitrogen and oxygen atoms in total. The number of nitro benzene ring substituents is 1. The molecule has 0 N–H and O–H groups in total. The molecule has 0 unspecified atom stereocenters. The Labute approximate surface area is 130 Å². The SMILES string of the molecule is CC1CCN(C(=O)CCCOc2ccccc2[N+](=O)[O-])CC1. The molecule has 6 heteroatoms. The van der Waals surface area contributed by atoms with Crippen LogP contribution >= 0.6 is 0 Å². The maximum Gasteiger partial charge on any atom is 0.310 e. The van der Waals surface area contributed by atoms with Crippen LogP contribution in [0.25, 0.3) is 0 Å². The van der Waals surface area contributed by atoms with Crippen molar-refractivity contribution in [1.82, 2.24) is 4.90 Å². The molecule has 1 amide bonds. The van der Waals surface area contributed by atoms with Crippen LogP contribution in [0.1, 0.15) is 32.6 Å².